The van der Waals surface area contributed by atoms with Gasteiger partial charge < -0.3 is 52.3 Å². The van der Waals surface area contributed by atoms with Gasteiger partial charge in [-0.15, -0.1) is 45.3 Å². The number of aromatic carboxylic acids is 2. The highest BCUT2D eigenvalue weighted by Crippen LogP contribution is 2.33. The molecule has 2 saturated heterocycles. The van der Waals surface area contributed by atoms with Crippen LogP contribution in [0.15, 0.2) is 82.2 Å². The van der Waals surface area contributed by atoms with Crippen molar-refractivity contribution in [1.29, 1.82) is 0 Å². The smallest absolute Gasteiger partial charge is 0.471 e. The zero-order chi connectivity index (χ0) is 47.0. The number of carboxylic acid groups (broad SMARTS) is 2. The number of carbonyl (C=O) groups is 5. The van der Waals surface area contributed by atoms with Crippen LogP contribution in [-0.4, -0.2) is 94.3 Å². The Labute approximate surface area is 390 Å². The number of hydrogen-bond acceptors (Lipinski definition) is 16. The highest BCUT2D eigenvalue weighted by Gasteiger charge is 2.40. The summed E-state index contributed by atoms with van der Waals surface area (Å²) in [6, 6.07) is 17.7. The third-order valence-corrected chi connectivity index (χ3v) is 13.6. The molecule has 2 fully saturated rings. The first-order valence-corrected chi connectivity index (χ1v) is 23.7. The van der Waals surface area contributed by atoms with E-state index >= 15 is 0 Å². The predicted octanol–water partition coefficient (Wildman–Crippen LogP) is 8.37. The minimum atomic E-state index is -4.92. The largest absolute Gasteiger partial charge is 0.477 e. The third-order valence-electron chi connectivity index (χ3n) is 10.3. The van der Waals surface area contributed by atoms with Crippen LogP contribution in [-0.2, 0) is 4.79 Å². The summed E-state index contributed by atoms with van der Waals surface area (Å²) in [4.78, 5) is 72.4. The molecule has 2 aliphatic heterocycles. The van der Waals surface area contributed by atoms with Crippen LogP contribution in [0.3, 0.4) is 0 Å². The van der Waals surface area contributed by atoms with Gasteiger partial charge in [0.25, 0.3) is 11.8 Å². The molecule has 0 radical (unpaired) electrons. The summed E-state index contributed by atoms with van der Waals surface area (Å²) in [5, 5.41) is 39.5. The molecular weight excluding hydrogens is 942 g/mol. The van der Waals surface area contributed by atoms with Gasteiger partial charge in [-0.2, -0.15) is 13.2 Å². The molecule has 0 unspecified atom stereocenters. The minimum Gasteiger partial charge on any atom is -0.477 e. The number of thiazole rings is 2. The molecule has 2 aromatic carbocycles. The second-order valence-electron chi connectivity index (χ2n) is 14.8. The molecule has 6 heterocycles. The number of piperidine rings is 2. The van der Waals surface area contributed by atoms with Crippen molar-refractivity contribution < 1.29 is 47.4 Å². The van der Waals surface area contributed by atoms with Crippen molar-refractivity contribution in [2.45, 2.75) is 43.9 Å². The Bertz CT molecular complexity index is 2690. The van der Waals surface area contributed by atoms with Crippen molar-refractivity contribution in [2.24, 2.45) is 5.73 Å². The maximum Gasteiger partial charge on any atom is 0.471 e. The van der Waals surface area contributed by atoms with Gasteiger partial charge in [0.2, 0.25) is 0 Å². The van der Waals surface area contributed by atoms with E-state index in [1.54, 1.807) is 57.9 Å². The van der Waals surface area contributed by atoms with Crippen LogP contribution in [0, 0.1) is 0 Å². The summed E-state index contributed by atoms with van der Waals surface area (Å²) in [5.74, 6) is -4.79. The molecule has 24 heteroatoms. The molecule has 3 amide bonds. The van der Waals surface area contributed by atoms with E-state index in [0.717, 1.165) is 71.3 Å². The van der Waals surface area contributed by atoms with E-state index < -0.39 is 36.0 Å². The lowest BCUT2D eigenvalue weighted by Crippen LogP contribution is -2.48. The summed E-state index contributed by atoms with van der Waals surface area (Å²) in [7, 11) is 0. The number of hydrogen-bond donors (Lipinski definition) is 8. The number of nitrogens with one attached hydrogen (secondary N) is 5. The van der Waals surface area contributed by atoms with Gasteiger partial charge in [-0.3, -0.25) is 14.4 Å². The Kier molecular flexibility index (Phi) is 15.2. The number of aromatic nitrogens is 2. The van der Waals surface area contributed by atoms with Crippen molar-refractivity contribution >= 4 is 119 Å². The number of nitrogens with zero attached hydrogens (tertiary/aromatic N) is 4. The van der Waals surface area contributed by atoms with Gasteiger partial charge in [-0.25, -0.2) is 19.6 Å². The lowest BCUT2D eigenvalue weighted by atomic mass is 10.0. The molecule has 8 rings (SSSR count). The lowest BCUT2D eigenvalue weighted by molar-refractivity contribution is -0.174. The second-order valence-corrected chi connectivity index (χ2v) is 18.3. The molecule has 17 nitrogen and oxygen atoms in total. The predicted molar refractivity (Wildman–Crippen MR) is 251 cm³/mol. The molecule has 0 saturated carbocycles. The molecule has 0 aliphatic carbocycles. The Morgan fingerprint density at radius 2 is 1.05 bits per heavy atom. The Hall–Kier alpha value is -6.60. The first-order chi connectivity index (χ1) is 31.6. The Morgan fingerprint density at radius 3 is 1.47 bits per heavy atom. The van der Waals surface area contributed by atoms with Gasteiger partial charge in [0.05, 0.1) is 34.1 Å². The summed E-state index contributed by atoms with van der Waals surface area (Å²) in [6.45, 7) is 2.50. The van der Waals surface area contributed by atoms with E-state index in [1.165, 1.54) is 11.3 Å². The van der Waals surface area contributed by atoms with Crippen LogP contribution in [0.2, 0.25) is 0 Å². The van der Waals surface area contributed by atoms with E-state index in [2.05, 4.69) is 36.1 Å². The molecule has 0 bridgehead atoms. The monoisotopic (exact) mass is 982 g/mol. The number of rotatable bonds is 13. The van der Waals surface area contributed by atoms with Gasteiger partial charge in [0.15, 0.2) is 10.3 Å². The normalized spacial score (nSPS) is 14.4. The first kappa shape index (κ1) is 47.4. The molecule has 0 atom stereocenters. The van der Waals surface area contributed by atoms with Crippen LogP contribution in [0.5, 0.6) is 0 Å². The third kappa shape index (κ3) is 12.0. The van der Waals surface area contributed by atoms with Crippen LogP contribution in [0.4, 0.5) is 57.6 Å². The number of halogens is 3. The van der Waals surface area contributed by atoms with Gasteiger partial charge in [-0.1, -0.05) is 24.3 Å². The summed E-state index contributed by atoms with van der Waals surface area (Å²) >= 11 is 4.59. The van der Waals surface area contributed by atoms with Gasteiger partial charge >= 0.3 is 24.0 Å². The summed E-state index contributed by atoms with van der Waals surface area (Å²) in [5.41, 5.74) is 10.2. The number of para-hydroxylation sites is 4. The zero-order valence-electron chi connectivity index (χ0n) is 34.5. The Balaban J connectivity index is 0.000000199. The molecule has 66 heavy (non-hydrogen) atoms. The zero-order valence-corrected chi connectivity index (χ0v) is 37.7. The highest BCUT2D eigenvalue weighted by molar-refractivity contribution is 7.15. The number of nitrogens with two attached hydrogens (primary N) is 1. The highest BCUT2D eigenvalue weighted by atomic mass is 32.1. The number of carbonyl (C=O) groups excluding carboxylic acids is 3. The second kappa shape index (κ2) is 21.1. The molecule has 2 aliphatic rings. The topological polar surface area (TPSA) is 244 Å². The van der Waals surface area contributed by atoms with Crippen molar-refractivity contribution in [3.63, 3.8) is 0 Å². The number of benzene rings is 2. The molecule has 0 spiro atoms. The summed E-state index contributed by atoms with van der Waals surface area (Å²) in [6.07, 6.45) is -2.42. The minimum absolute atomic E-state index is 0.131. The van der Waals surface area contributed by atoms with Gasteiger partial charge in [-0.05, 0) is 72.8 Å². The number of carboxylic acids is 2. The van der Waals surface area contributed by atoms with Crippen LogP contribution >= 0.6 is 45.3 Å². The fourth-order valence-corrected chi connectivity index (χ4v) is 9.78. The van der Waals surface area contributed by atoms with Crippen molar-refractivity contribution in [2.75, 3.05) is 57.2 Å². The fourth-order valence-electron chi connectivity index (χ4n) is 7.00. The molecule has 6 aromatic rings. The number of alkyl halides is 3. The number of amides is 3. The average Bonchev–Trinajstić information content (AvgIpc) is 4.14. The van der Waals surface area contributed by atoms with Crippen molar-refractivity contribution in [3.05, 3.63) is 103 Å². The molecule has 346 valence electrons. The van der Waals surface area contributed by atoms with Crippen molar-refractivity contribution in [1.82, 2.24) is 15.3 Å². The fraction of sp³-hybridized carbons (Fsp3) is 0.262. The van der Waals surface area contributed by atoms with E-state index in [0.29, 0.717) is 58.9 Å². The quantitative estimate of drug-likeness (QED) is 0.0542. The van der Waals surface area contributed by atoms with Crippen LogP contribution in [0.1, 0.15) is 66.0 Å². The van der Waals surface area contributed by atoms with E-state index in [4.69, 9.17) is 5.73 Å². The summed E-state index contributed by atoms with van der Waals surface area (Å²) < 4.78 is 37.5. The maximum atomic E-state index is 12.8. The standard InChI is InChI=1S/C22H20F3N5O4S2.C20H21N5O3S2/c23-22(24,25)20(34)26-12-5-8-30(9-6-12)16-4-2-1-3-13(16)27-18(31)15-11-36-21(29-15)28-14-7-10-35-17(14)19(32)33;21-12-5-8-25(9-6-12)16-4-2-1-3-13(16)22-18(26)15-11-30-20(24-15)23-14-7-10-29-17(14)19(27)28/h1-4,7,10-12H,5-6,8-9H2,(H,26,34)(H,27,31)(H,28,29)(H,32,33);1-4,7,10-12H,5-6,8-9,21H2,(H,22,26)(H,23,24)(H,27,28). The van der Waals surface area contributed by atoms with E-state index in [9.17, 15) is 47.4 Å². The molecular formula is C42H41F3N10O7S4. The molecule has 4 aromatic heterocycles. The van der Waals surface area contributed by atoms with Crippen LogP contribution in [0.25, 0.3) is 0 Å². The molecule has 9 N–H and O–H groups in total. The number of anilines is 8. The van der Waals surface area contributed by atoms with Gasteiger partial charge in [0, 0.05) is 49.0 Å². The van der Waals surface area contributed by atoms with Crippen molar-refractivity contribution in [3.8, 4) is 0 Å². The Morgan fingerprint density at radius 1 is 0.621 bits per heavy atom. The van der Waals surface area contributed by atoms with Gasteiger partial charge in [0.1, 0.15) is 21.1 Å². The maximum absolute atomic E-state index is 12.8. The SMILES string of the molecule is NC1CCN(c2ccccc2NC(=O)c2csc(Nc3ccsc3C(=O)O)n2)CC1.O=C(Nc1ccccc1N1CCC(NC(=O)C(F)(F)F)CC1)c1csc(Nc2ccsc2C(=O)O)n1. The first-order valence-electron chi connectivity index (χ1n) is 20.1. The average molecular weight is 983 g/mol. The number of thiophene rings is 2. The lowest BCUT2D eigenvalue weighted by Gasteiger charge is -2.35. The van der Waals surface area contributed by atoms with E-state index in [1.807, 2.05) is 34.5 Å². The van der Waals surface area contributed by atoms with Crippen LogP contribution < -0.4 is 42.1 Å². The van der Waals surface area contributed by atoms with E-state index in [-0.39, 0.29) is 33.1 Å².